The molecule has 176 valence electrons. The van der Waals surface area contributed by atoms with Crippen molar-refractivity contribution in [3.8, 4) is 11.1 Å². The molecule has 0 unspecified atom stereocenters. The van der Waals surface area contributed by atoms with Crippen molar-refractivity contribution >= 4 is 44.3 Å². The molecule has 0 spiro atoms. The minimum atomic E-state index is -0.356. The summed E-state index contributed by atoms with van der Waals surface area (Å²) in [5.74, 6) is 0.964. The van der Waals surface area contributed by atoms with Crippen LogP contribution >= 0.6 is 11.3 Å². The zero-order chi connectivity index (χ0) is 24.3. The molecule has 0 aliphatic rings. The highest BCUT2D eigenvalue weighted by atomic mass is 32.1. The Kier molecular flexibility index (Phi) is 6.55. The predicted octanol–water partition coefficient (Wildman–Crippen LogP) is 4.36. The van der Waals surface area contributed by atoms with Crippen LogP contribution in [0.1, 0.15) is 39.4 Å². The van der Waals surface area contributed by atoms with Gasteiger partial charge in [-0.15, -0.1) is 0 Å². The largest absolute Gasteiger partial charge is 0.339 e. The first-order valence-electron chi connectivity index (χ1n) is 10.7. The Morgan fingerprint density at radius 3 is 2.62 bits per heavy atom. The first-order valence-corrected chi connectivity index (χ1v) is 11.5. The van der Waals surface area contributed by atoms with Gasteiger partial charge in [0.2, 0.25) is 11.8 Å². The third-order valence-electron chi connectivity index (χ3n) is 4.74. The van der Waals surface area contributed by atoms with Crippen LogP contribution in [0.15, 0.2) is 41.2 Å². The van der Waals surface area contributed by atoms with Gasteiger partial charge in [-0.3, -0.25) is 15.1 Å². The Hall–Kier alpha value is -3.86. The fourth-order valence-corrected chi connectivity index (χ4v) is 4.02. The van der Waals surface area contributed by atoms with E-state index in [9.17, 15) is 9.59 Å². The van der Waals surface area contributed by atoms with Crippen LogP contribution in [0.4, 0.5) is 15.6 Å². The van der Waals surface area contributed by atoms with E-state index in [-0.39, 0.29) is 17.4 Å². The molecular weight excluding hydrogens is 454 g/mol. The topological polar surface area (TPSA) is 135 Å². The number of anilines is 2. The molecule has 11 heteroatoms. The normalized spacial score (nSPS) is 11.4. The van der Waals surface area contributed by atoms with Gasteiger partial charge in [0.1, 0.15) is 0 Å². The van der Waals surface area contributed by atoms with Crippen LogP contribution in [-0.4, -0.2) is 38.6 Å². The second kappa shape index (κ2) is 9.56. The van der Waals surface area contributed by atoms with Gasteiger partial charge in [0.15, 0.2) is 11.0 Å². The SMILES string of the molecule is CC(=O)Nc1cncc(-c2ccc3nc(NC(=O)NCCc4noc(C(C)(C)C)n4)sc3c2)c1. The number of thiazole rings is 1. The number of fused-ring (bicyclic) bond motifs is 1. The minimum absolute atomic E-state index is 0.155. The van der Waals surface area contributed by atoms with E-state index in [1.165, 1.54) is 18.3 Å². The highest BCUT2D eigenvalue weighted by molar-refractivity contribution is 7.22. The molecular formula is C23H25N7O3S. The number of aromatic nitrogens is 4. The van der Waals surface area contributed by atoms with E-state index < -0.39 is 0 Å². The van der Waals surface area contributed by atoms with Crippen LogP contribution in [0.3, 0.4) is 0 Å². The van der Waals surface area contributed by atoms with Crippen LogP contribution in [0.25, 0.3) is 21.3 Å². The van der Waals surface area contributed by atoms with Crippen molar-refractivity contribution in [2.45, 2.75) is 39.5 Å². The summed E-state index contributed by atoms with van der Waals surface area (Å²) in [6.45, 7) is 7.81. The highest BCUT2D eigenvalue weighted by Crippen LogP contribution is 2.31. The molecule has 0 saturated carbocycles. The Morgan fingerprint density at radius 2 is 1.88 bits per heavy atom. The zero-order valence-electron chi connectivity index (χ0n) is 19.3. The fourth-order valence-electron chi connectivity index (χ4n) is 3.12. The molecule has 10 nitrogen and oxygen atoms in total. The van der Waals surface area contributed by atoms with Crippen molar-refractivity contribution in [3.63, 3.8) is 0 Å². The third-order valence-corrected chi connectivity index (χ3v) is 5.68. The van der Waals surface area contributed by atoms with Gasteiger partial charge in [-0.25, -0.2) is 9.78 Å². The molecule has 0 bridgehead atoms. The Labute approximate surface area is 200 Å². The summed E-state index contributed by atoms with van der Waals surface area (Å²) >= 11 is 1.37. The summed E-state index contributed by atoms with van der Waals surface area (Å²) < 4.78 is 6.18. The lowest BCUT2D eigenvalue weighted by Gasteiger charge is -2.10. The summed E-state index contributed by atoms with van der Waals surface area (Å²) in [4.78, 5) is 36.6. The quantitative estimate of drug-likeness (QED) is 0.374. The molecule has 4 aromatic rings. The second-order valence-electron chi connectivity index (χ2n) is 8.74. The minimum Gasteiger partial charge on any atom is -0.339 e. The lowest BCUT2D eigenvalue weighted by atomic mass is 9.97. The molecule has 0 aliphatic carbocycles. The number of nitrogens with zero attached hydrogens (tertiary/aromatic N) is 4. The number of carbonyl (C=O) groups excluding carboxylic acids is 2. The molecule has 3 heterocycles. The number of nitrogens with one attached hydrogen (secondary N) is 3. The number of benzene rings is 1. The molecule has 0 saturated heterocycles. The summed E-state index contributed by atoms with van der Waals surface area (Å²) in [7, 11) is 0. The molecule has 3 amide bonds. The molecule has 0 atom stereocenters. The van der Waals surface area contributed by atoms with Gasteiger partial charge < -0.3 is 15.2 Å². The number of pyridine rings is 1. The van der Waals surface area contributed by atoms with Crippen molar-refractivity contribution in [3.05, 3.63) is 48.4 Å². The van der Waals surface area contributed by atoms with Crippen LogP contribution < -0.4 is 16.0 Å². The van der Waals surface area contributed by atoms with Gasteiger partial charge in [0, 0.05) is 37.1 Å². The molecule has 4 rings (SSSR count). The summed E-state index contributed by atoms with van der Waals surface area (Å²) in [5.41, 5.74) is 2.99. The zero-order valence-corrected chi connectivity index (χ0v) is 20.1. The number of carbonyl (C=O) groups is 2. The van der Waals surface area contributed by atoms with Crippen molar-refractivity contribution in [2.24, 2.45) is 0 Å². The first kappa shape index (κ1) is 23.3. The van der Waals surface area contributed by atoms with Crippen molar-refractivity contribution in [1.29, 1.82) is 0 Å². The van der Waals surface area contributed by atoms with E-state index in [2.05, 4.69) is 36.1 Å². The van der Waals surface area contributed by atoms with Gasteiger partial charge in [-0.05, 0) is 23.8 Å². The number of urea groups is 1. The van der Waals surface area contributed by atoms with E-state index in [0.29, 0.717) is 35.5 Å². The van der Waals surface area contributed by atoms with Crippen molar-refractivity contribution in [1.82, 2.24) is 25.4 Å². The first-order chi connectivity index (χ1) is 16.2. The van der Waals surface area contributed by atoms with Gasteiger partial charge in [0.25, 0.3) is 0 Å². The number of amides is 3. The van der Waals surface area contributed by atoms with Crippen LogP contribution in [0.5, 0.6) is 0 Å². The van der Waals surface area contributed by atoms with E-state index in [0.717, 1.165) is 21.3 Å². The Balaban J connectivity index is 1.37. The molecule has 34 heavy (non-hydrogen) atoms. The van der Waals surface area contributed by atoms with Crippen molar-refractivity contribution in [2.75, 3.05) is 17.2 Å². The van der Waals surface area contributed by atoms with Crippen LogP contribution in [-0.2, 0) is 16.6 Å². The third kappa shape index (κ3) is 5.73. The number of rotatable bonds is 6. The number of hydrogen-bond acceptors (Lipinski definition) is 8. The van der Waals surface area contributed by atoms with Gasteiger partial charge in [0.05, 0.1) is 22.1 Å². The molecule has 1 aromatic carbocycles. The van der Waals surface area contributed by atoms with Gasteiger partial charge in [-0.2, -0.15) is 4.98 Å². The Bertz CT molecular complexity index is 1340. The molecule has 0 fully saturated rings. The summed E-state index contributed by atoms with van der Waals surface area (Å²) in [6, 6.07) is 7.30. The average Bonchev–Trinajstić information content (AvgIpc) is 3.39. The smallest absolute Gasteiger partial charge is 0.321 e. The maximum atomic E-state index is 12.3. The average molecular weight is 480 g/mol. The van der Waals surface area contributed by atoms with Crippen molar-refractivity contribution < 1.29 is 14.1 Å². The van der Waals surface area contributed by atoms with E-state index in [1.54, 1.807) is 12.4 Å². The monoisotopic (exact) mass is 479 g/mol. The summed E-state index contributed by atoms with van der Waals surface area (Å²) in [6.07, 6.45) is 3.79. The second-order valence-corrected chi connectivity index (χ2v) is 9.77. The molecule has 0 aliphatic heterocycles. The predicted molar refractivity (Wildman–Crippen MR) is 131 cm³/mol. The Morgan fingerprint density at radius 1 is 1.06 bits per heavy atom. The highest BCUT2D eigenvalue weighted by Gasteiger charge is 2.21. The standard InChI is InChI=1S/C23H25N7O3S/c1-13(31)26-16-9-15(11-24-12-16)14-5-6-17-18(10-14)34-22(27-17)29-21(32)25-8-7-19-28-20(33-30-19)23(2,3)4/h5-6,9-12H,7-8H2,1-4H3,(H,26,31)(H2,25,27,29,32). The van der Waals surface area contributed by atoms with E-state index in [4.69, 9.17) is 4.52 Å². The van der Waals surface area contributed by atoms with Crippen LogP contribution in [0, 0.1) is 0 Å². The van der Waals surface area contributed by atoms with Gasteiger partial charge >= 0.3 is 6.03 Å². The maximum absolute atomic E-state index is 12.3. The van der Waals surface area contributed by atoms with E-state index in [1.807, 2.05) is 45.0 Å². The summed E-state index contributed by atoms with van der Waals surface area (Å²) in [5, 5.41) is 12.7. The van der Waals surface area contributed by atoms with Crippen LogP contribution in [0.2, 0.25) is 0 Å². The fraction of sp³-hybridized carbons (Fsp3) is 0.304. The molecule has 0 radical (unpaired) electrons. The maximum Gasteiger partial charge on any atom is 0.321 e. The lowest BCUT2D eigenvalue weighted by molar-refractivity contribution is -0.114. The lowest BCUT2D eigenvalue weighted by Crippen LogP contribution is -2.30. The van der Waals surface area contributed by atoms with E-state index >= 15 is 0 Å². The molecule has 3 N–H and O–H groups in total. The molecule has 3 aromatic heterocycles. The van der Waals surface area contributed by atoms with Gasteiger partial charge in [-0.1, -0.05) is 43.3 Å². The number of hydrogen-bond donors (Lipinski definition) is 3.